The van der Waals surface area contributed by atoms with E-state index >= 15 is 0 Å². The first-order valence-corrected chi connectivity index (χ1v) is 7.59. The van der Waals surface area contributed by atoms with Gasteiger partial charge in [0.2, 0.25) is 0 Å². The molecule has 0 fully saturated rings. The number of nitrogens with zero attached hydrogens (tertiary/aromatic N) is 1. The zero-order valence-electron chi connectivity index (χ0n) is 12.8. The Hall–Kier alpha value is -2.64. The summed E-state index contributed by atoms with van der Waals surface area (Å²) < 4.78 is 17.8. The first kappa shape index (κ1) is 18.7. The lowest BCUT2D eigenvalue weighted by Gasteiger charge is -2.06. The van der Waals surface area contributed by atoms with E-state index in [-0.39, 0.29) is 15.7 Å². The maximum absolute atomic E-state index is 12.8. The fraction of sp³-hybridized carbons (Fsp3) is 0.0625. The molecule has 0 saturated heterocycles. The average molecular weight is 384 g/mol. The van der Waals surface area contributed by atoms with Crippen LogP contribution in [0.3, 0.4) is 0 Å². The number of hydrogen-bond donors (Lipinski definition) is 2. The monoisotopic (exact) mass is 383 g/mol. The van der Waals surface area contributed by atoms with E-state index in [1.807, 2.05) is 0 Å². The van der Waals surface area contributed by atoms with Crippen molar-refractivity contribution >= 4 is 46.9 Å². The van der Waals surface area contributed by atoms with Gasteiger partial charge in [-0.05, 0) is 42.0 Å². The molecule has 25 heavy (non-hydrogen) atoms. The molecule has 0 aliphatic heterocycles. The zero-order chi connectivity index (χ0) is 18.4. The van der Waals surface area contributed by atoms with Crippen LogP contribution in [0.4, 0.5) is 10.1 Å². The van der Waals surface area contributed by atoms with Crippen molar-refractivity contribution in [3.63, 3.8) is 0 Å². The Kier molecular flexibility index (Phi) is 6.32. The number of hydrazone groups is 1. The molecule has 2 rings (SSSR count). The molecule has 0 atom stereocenters. The summed E-state index contributed by atoms with van der Waals surface area (Å²) in [4.78, 5) is 23.3. The molecule has 2 amide bonds. The Morgan fingerprint density at radius 1 is 1.12 bits per heavy atom. The molecule has 0 aliphatic carbocycles. The van der Waals surface area contributed by atoms with Gasteiger partial charge in [0.25, 0.3) is 0 Å². The van der Waals surface area contributed by atoms with Crippen molar-refractivity contribution < 1.29 is 18.7 Å². The Morgan fingerprint density at radius 2 is 1.72 bits per heavy atom. The highest BCUT2D eigenvalue weighted by atomic mass is 35.5. The second kappa shape index (κ2) is 8.46. The van der Waals surface area contributed by atoms with Crippen molar-refractivity contribution in [3.8, 4) is 5.75 Å². The van der Waals surface area contributed by atoms with Gasteiger partial charge >= 0.3 is 11.8 Å². The van der Waals surface area contributed by atoms with E-state index in [9.17, 15) is 14.0 Å². The van der Waals surface area contributed by atoms with Gasteiger partial charge in [0.1, 0.15) is 5.82 Å². The van der Waals surface area contributed by atoms with Crippen molar-refractivity contribution in [1.82, 2.24) is 5.43 Å². The number of carbonyl (C=O) groups excluding carboxylic acids is 2. The van der Waals surface area contributed by atoms with Crippen LogP contribution >= 0.6 is 23.2 Å². The van der Waals surface area contributed by atoms with Crippen LogP contribution in [0.1, 0.15) is 5.56 Å². The van der Waals surface area contributed by atoms with E-state index in [4.69, 9.17) is 27.9 Å². The predicted molar refractivity (Wildman–Crippen MR) is 93.8 cm³/mol. The van der Waals surface area contributed by atoms with Crippen molar-refractivity contribution in [2.45, 2.75) is 0 Å². The van der Waals surface area contributed by atoms with Gasteiger partial charge in [-0.25, -0.2) is 9.82 Å². The second-order valence-electron chi connectivity index (χ2n) is 4.68. The van der Waals surface area contributed by atoms with Gasteiger partial charge in [-0.15, -0.1) is 0 Å². The third-order valence-corrected chi connectivity index (χ3v) is 3.47. The molecule has 0 aliphatic rings. The Labute approximate surface area is 152 Å². The number of carbonyl (C=O) groups is 2. The van der Waals surface area contributed by atoms with Crippen LogP contribution in [-0.2, 0) is 9.59 Å². The van der Waals surface area contributed by atoms with Crippen LogP contribution in [0, 0.1) is 5.82 Å². The van der Waals surface area contributed by atoms with Gasteiger partial charge in [-0.3, -0.25) is 9.59 Å². The number of benzene rings is 2. The maximum atomic E-state index is 12.8. The van der Waals surface area contributed by atoms with Gasteiger partial charge in [-0.2, -0.15) is 5.10 Å². The molecule has 130 valence electrons. The van der Waals surface area contributed by atoms with Crippen LogP contribution in [0.15, 0.2) is 41.5 Å². The Bertz CT molecular complexity index is 803. The summed E-state index contributed by atoms with van der Waals surface area (Å²) in [5, 5.41) is 6.50. The second-order valence-corrected chi connectivity index (χ2v) is 5.49. The average Bonchev–Trinajstić information content (AvgIpc) is 2.56. The summed E-state index contributed by atoms with van der Waals surface area (Å²) >= 11 is 12.0. The summed E-state index contributed by atoms with van der Waals surface area (Å²) in [5.41, 5.74) is 2.83. The highest BCUT2D eigenvalue weighted by molar-refractivity contribution is 6.39. The van der Waals surface area contributed by atoms with Crippen LogP contribution in [-0.4, -0.2) is 25.1 Å². The van der Waals surface area contributed by atoms with Crippen LogP contribution in [0.25, 0.3) is 0 Å². The van der Waals surface area contributed by atoms with Gasteiger partial charge in [-0.1, -0.05) is 23.2 Å². The fourth-order valence-electron chi connectivity index (χ4n) is 1.79. The van der Waals surface area contributed by atoms with Gasteiger partial charge < -0.3 is 10.1 Å². The molecule has 0 saturated carbocycles. The number of halogens is 3. The van der Waals surface area contributed by atoms with Crippen molar-refractivity contribution in [2.75, 3.05) is 12.4 Å². The van der Waals surface area contributed by atoms with Crippen molar-refractivity contribution in [3.05, 3.63) is 57.8 Å². The van der Waals surface area contributed by atoms with E-state index in [0.29, 0.717) is 11.3 Å². The van der Waals surface area contributed by atoms with E-state index in [2.05, 4.69) is 15.8 Å². The molecule has 0 unspecified atom stereocenters. The smallest absolute Gasteiger partial charge is 0.329 e. The summed E-state index contributed by atoms with van der Waals surface area (Å²) in [7, 11) is 1.43. The summed E-state index contributed by atoms with van der Waals surface area (Å²) in [6.07, 6.45) is 1.26. The molecule has 2 aromatic rings. The highest BCUT2D eigenvalue weighted by Crippen LogP contribution is 2.33. The number of anilines is 1. The minimum atomic E-state index is -0.994. The van der Waals surface area contributed by atoms with Crippen LogP contribution in [0.5, 0.6) is 5.75 Å². The lowest BCUT2D eigenvalue weighted by Crippen LogP contribution is -2.32. The number of rotatable bonds is 4. The highest BCUT2D eigenvalue weighted by Gasteiger charge is 2.13. The van der Waals surface area contributed by atoms with Crippen LogP contribution < -0.4 is 15.5 Å². The Morgan fingerprint density at radius 3 is 2.28 bits per heavy atom. The molecule has 0 radical (unpaired) electrons. The standard InChI is InChI=1S/C16H12Cl2FN3O3/c1-25-14-12(17)6-9(7-13(14)18)8-20-22-16(24)15(23)21-11-4-2-10(19)3-5-11/h2-8H,1H3,(H,21,23)(H,22,24)/b20-8-. The minimum absolute atomic E-state index is 0.275. The normalized spacial score (nSPS) is 10.6. The first-order valence-electron chi connectivity index (χ1n) is 6.83. The van der Waals surface area contributed by atoms with E-state index in [1.54, 1.807) is 0 Å². The molecule has 0 aromatic heterocycles. The number of amides is 2. The predicted octanol–water partition coefficient (Wildman–Crippen LogP) is 3.23. The summed E-state index contributed by atoms with van der Waals surface area (Å²) in [6.45, 7) is 0. The molecule has 9 heteroatoms. The molecular formula is C16H12Cl2FN3O3. The Balaban J connectivity index is 1.95. The van der Waals surface area contributed by atoms with E-state index in [0.717, 1.165) is 12.1 Å². The molecular weight excluding hydrogens is 372 g/mol. The first-order chi connectivity index (χ1) is 11.9. The molecule has 0 bridgehead atoms. The van der Waals surface area contributed by atoms with E-state index < -0.39 is 17.6 Å². The maximum Gasteiger partial charge on any atom is 0.329 e. The largest absolute Gasteiger partial charge is 0.494 e. The molecule has 0 spiro atoms. The van der Waals surface area contributed by atoms with Crippen molar-refractivity contribution in [1.29, 1.82) is 0 Å². The SMILES string of the molecule is COc1c(Cl)cc(/C=N\NC(=O)C(=O)Nc2ccc(F)cc2)cc1Cl. The third kappa shape index (κ3) is 5.17. The summed E-state index contributed by atoms with van der Waals surface area (Å²) in [5.74, 6) is -2.08. The molecule has 6 nitrogen and oxygen atoms in total. The lowest BCUT2D eigenvalue weighted by molar-refractivity contribution is -0.136. The number of nitrogens with one attached hydrogen (secondary N) is 2. The lowest BCUT2D eigenvalue weighted by atomic mass is 10.2. The minimum Gasteiger partial charge on any atom is -0.494 e. The fourth-order valence-corrected chi connectivity index (χ4v) is 2.44. The van der Waals surface area contributed by atoms with Crippen molar-refractivity contribution in [2.24, 2.45) is 5.10 Å². The van der Waals surface area contributed by atoms with Gasteiger partial charge in [0, 0.05) is 5.69 Å². The number of ether oxygens (including phenoxy) is 1. The molecule has 2 N–H and O–H groups in total. The molecule has 0 heterocycles. The summed E-state index contributed by atoms with van der Waals surface area (Å²) in [6, 6.07) is 8.02. The topological polar surface area (TPSA) is 79.8 Å². The quantitative estimate of drug-likeness (QED) is 0.483. The number of methoxy groups -OCH3 is 1. The van der Waals surface area contributed by atoms with Gasteiger partial charge in [0.05, 0.1) is 23.4 Å². The van der Waals surface area contributed by atoms with Crippen LogP contribution in [0.2, 0.25) is 10.0 Å². The van der Waals surface area contributed by atoms with E-state index in [1.165, 1.54) is 37.6 Å². The third-order valence-electron chi connectivity index (χ3n) is 2.91. The number of hydrogen-bond acceptors (Lipinski definition) is 4. The van der Waals surface area contributed by atoms with Gasteiger partial charge in [0.15, 0.2) is 5.75 Å². The molecule has 2 aromatic carbocycles. The zero-order valence-corrected chi connectivity index (χ0v) is 14.4.